The van der Waals surface area contributed by atoms with Gasteiger partial charge in [0.2, 0.25) is 0 Å². The molecule has 1 N–H and O–H groups in total. The van der Waals surface area contributed by atoms with Crippen molar-refractivity contribution in [1.29, 1.82) is 0 Å². The Kier molecular flexibility index (Phi) is 13.6. The molecule has 1 aromatic rings. The van der Waals surface area contributed by atoms with E-state index in [4.69, 9.17) is 4.99 Å². The van der Waals surface area contributed by atoms with Crippen LogP contribution in [0.15, 0.2) is 62.9 Å². The summed E-state index contributed by atoms with van der Waals surface area (Å²) in [5, 5.41) is 3.45. The predicted octanol–water partition coefficient (Wildman–Crippen LogP) is 6.64. The monoisotopic (exact) mass is 545 g/mol. The number of hydrogen-bond donors (Lipinski definition) is 1. The zero-order chi connectivity index (χ0) is 26.5. The lowest BCUT2D eigenvalue weighted by Crippen LogP contribution is -2.44. The first-order valence-corrected chi connectivity index (χ1v) is 13.6. The van der Waals surface area contributed by atoms with Gasteiger partial charge in [-0.25, -0.2) is 4.99 Å². The maximum atomic E-state index is 12.6. The van der Waals surface area contributed by atoms with Gasteiger partial charge in [-0.3, -0.25) is 9.69 Å². The minimum atomic E-state index is -0.0727. The van der Waals surface area contributed by atoms with E-state index in [0.29, 0.717) is 16.9 Å². The van der Waals surface area contributed by atoms with Crippen LogP contribution >= 0.6 is 15.9 Å². The fourth-order valence-electron chi connectivity index (χ4n) is 3.60. The van der Waals surface area contributed by atoms with Gasteiger partial charge in [0.15, 0.2) is 0 Å². The Hall–Kier alpha value is -2.38. The van der Waals surface area contributed by atoms with E-state index in [1.807, 2.05) is 67.5 Å². The molecule has 1 saturated heterocycles. The van der Waals surface area contributed by atoms with Crippen LogP contribution in [0.1, 0.15) is 55.4 Å². The molecule has 7 heteroatoms. The Labute approximate surface area is 221 Å². The van der Waals surface area contributed by atoms with Crippen LogP contribution < -0.4 is 10.2 Å². The molecule has 0 aliphatic carbocycles. The van der Waals surface area contributed by atoms with Crippen LogP contribution in [0, 0.1) is 0 Å². The summed E-state index contributed by atoms with van der Waals surface area (Å²) < 4.78 is 0.549. The Morgan fingerprint density at radius 1 is 1.06 bits per heavy atom. The second-order valence-electron chi connectivity index (χ2n) is 8.03. The number of carbonyl (C=O) groups excluding carboxylic acids is 1. The second kappa shape index (κ2) is 15.6. The van der Waals surface area contributed by atoms with E-state index in [9.17, 15) is 4.79 Å². The van der Waals surface area contributed by atoms with Crippen molar-refractivity contribution in [3.8, 4) is 0 Å². The van der Waals surface area contributed by atoms with Gasteiger partial charge in [-0.1, -0.05) is 33.8 Å². The normalized spacial score (nSPS) is 18.3. The highest BCUT2D eigenvalue weighted by Gasteiger charge is 2.27. The molecule has 2 aliphatic rings. The summed E-state index contributed by atoms with van der Waals surface area (Å²) in [6.07, 6.45) is 3.81. The van der Waals surface area contributed by atoms with E-state index in [-0.39, 0.29) is 5.91 Å². The first-order chi connectivity index (χ1) is 16.8. The molecule has 1 amide bonds. The summed E-state index contributed by atoms with van der Waals surface area (Å²) in [6, 6.07) is 8.49. The third-order valence-corrected chi connectivity index (χ3v) is 6.13. The number of nitrogens with zero attached hydrogens (tertiary/aromatic N) is 4. The lowest BCUT2D eigenvalue weighted by molar-refractivity contribution is -0.122. The number of allylic oxidation sites excluding steroid dienone is 2. The van der Waals surface area contributed by atoms with Crippen LogP contribution in [0.25, 0.3) is 0 Å². The molecular weight excluding hydrogens is 502 g/mol. The minimum Gasteiger partial charge on any atom is -0.369 e. The molecule has 0 atom stereocenters. The summed E-state index contributed by atoms with van der Waals surface area (Å²) in [6.45, 7) is 20.8. The van der Waals surface area contributed by atoms with Crippen molar-refractivity contribution >= 4 is 39.0 Å². The molecule has 0 radical (unpaired) electrons. The van der Waals surface area contributed by atoms with E-state index < -0.39 is 0 Å². The number of rotatable bonds is 5. The van der Waals surface area contributed by atoms with Crippen LogP contribution in [0.5, 0.6) is 0 Å². The lowest BCUT2D eigenvalue weighted by Gasteiger charge is -2.34. The standard InChI is InChI=1S/C24H32BrN5O.2C2H6/c1-6-18-16-21(25)24(31)30(7-2)23(18)27-22(17(3)4)26-19-8-10-20(11-9-19)29-14-12-28(5)13-15-29;2*1-2/h6,8-11,16,26H,7,12-15H2,1-5H3;2*1-2H3/b18-6-,27-23+;;. The van der Waals surface area contributed by atoms with Crippen molar-refractivity contribution in [2.24, 2.45) is 4.99 Å². The number of benzene rings is 1. The number of nitrogens with one attached hydrogen (secondary N) is 1. The van der Waals surface area contributed by atoms with Crippen molar-refractivity contribution < 1.29 is 4.79 Å². The number of hydrogen-bond acceptors (Lipinski definition) is 5. The van der Waals surface area contributed by atoms with Crippen molar-refractivity contribution in [2.75, 3.05) is 50.0 Å². The van der Waals surface area contributed by atoms with Crippen LogP contribution in [0.4, 0.5) is 11.4 Å². The number of amides is 1. The van der Waals surface area contributed by atoms with Crippen LogP contribution in [0.2, 0.25) is 0 Å². The zero-order valence-electron chi connectivity index (χ0n) is 23.1. The van der Waals surface area contributed by atoms with Crippen LogP contribution in [-0.4, -0.2) is 61.3 Å². The van der Waals surface area contributed by atoms with Crippen molar-refractivity contribution in [3.63, 3.8) is 0 Å². The van der Waals surface area contributed by atoms with E-state index in [0.717, 1.165) is 48.8 Å². The highest BCUT2D eigenvalue weighted by atomic mass is 79.9. The second-order valence-corrected chi connectivity index (χ2v) is 8.89. The quantitative estimate of drug-likeness (QED) is 0.450. The third kappa shape index (κ3) is 8.36. The van der Waals surface area contributed by atoms with Gasteiger partial charge in [-0.2, -0.15) is 0 Å². The summed E-state index contributed by atoms with van der Waals surface area (Å²) in [7, 11) is 2.17. The Bertz CT molecular complexity index is 935. The summed E-state index contributed by atoms with van der Waals surface area (Å²) in [4.78, 5) is 24.0. The van der Waals surface area contributed by atoms with Gasteiger partial charge in [-0.05, 0) is 86.6 Å². The number of amidine groups is 1. The van der Waals surface area contributed by atoms with Crippen molar-refractivity contribution in [1.82, 2.24) is 9.80 Å². The predicted molar refractivity (Wildman–Crippen MR) is 156 cm³/mol. The fraction of sp³-hybridized carbons (Fsp3) is 0.500. The first-order valence-electron chi connectivity index (χ1n) is 12.8. The Balaban J connectivity index is 0.00000145. The summed E-state index contributed by atoms with van der Waals surface area (Å²) in [5.74, 6) is 1.34. The molecule has 2 heterocycles. The first kappa shape index (κ1) is 30.7. The maximum Gasteiger partial charge on any atom is 0.266 e. The van der Waals surface area contributed by atoms with Crippen molar-refractivity contribution in [3.05, 3.63) is 57.9 Å². The van der Waals surface area contributed by atoms with E-state index in [1.54, 1.807) is 4.90 Å². The molecule has 0 bridgehead atoms. The Morgan fingerprint density at radius 2 is 1.63 bits per heavy atom. The van der Waals surface area contributed by atoms with Gasteiger partial charge in [0.25, 0.3) is 5.91 Å². The number of halogens is 1. The van der Waals surface area contributed by atoms with E-state index in [1.165, 1.54) is 5.69 Å². The van der Waals surface area contributed by atoms with Gasteiger partial charge >= 0.3 is 0 Å². The molecule has 1 fully saturated rings. The molecule has 3 rings (SSSR count). The van der Waals surface area contributed by atoms with Gasteiger partial charge in [-0.15, -0.1) is 0 Å². The molecule has 35 heavy (non-hydrogen) atoms. The number of aliphatic imine (C=N–C) groups is 1. The minimum absolute atomic E-state index is 0.0727. The SMILES string of the molecule is C/C=C1/C=C(Br)C(=O)N(CC)/C1=N/C(Nc1ccc(N2CCN(C)CC2)cc1)=C(C)C.CC.CC. The van der Waals surface area contributed by atoms with Crippen LogP contribution in [0.3, 0.4) is 0 Å². The highest BCUT2D eigenvalue weighted by Crippen LogP contribution is 2.25. The molecule has 0 saturated carbocycles. The third-order valence-electron chi connectivity index (χ3n) is 5.56. The highest BCUT2D eigenvalue weighted by molar-refractivity contribution is 9.12. The average Bonchev–Trinajstić information content (AvgIpc) is 2.89. The number of carbonyl (C=O) groups is 1. The van der Waals surface area contributed by atoms with Gasteiger partial charge in [0, 0.05) is 49.7 Å². The Morgan fingerprint density at radius 3 is 2.11 bits per heavy atom. The van der Waals surface area contributed by atoms with E-state index >= 15 is 0 Å². The molecule has 0 spiro atoms. The molecule has 194 valence electrons. The summed E-state index contributed by atoms with van der Waals surface area (Å²) in [5.41, 5.74) is 4.18. The molecule has 1 aromatic carbocycles. The van der Waals surface area contributed by atoms with Crippen LogP contribution in [-0.2, 0) is 4.79 Å². The van der Waals surface area contributed by atoms with Crippen molar-refractivity contribution in [2.45, 2.75) is 55.4 Å². The molecule has 6 nitrogen and oxygen atoms in total. The van der Waals surface area contributed by atoms with Gasteiger partial charge in [0.1, 0.15) is 11.7 Å². The fourth-order valence-corrected chi connectivity index (χ4v) is 4.06. The largest absolute Gasteiger partial charge is 0.369 e. The number of likely N-dealkylation sites (N-methyl/N-ethyl adjacent to an activating group) is 2. The molecule has 2 aliphatic heterocycles. The molecule has 0 aromatic heterocycles. The average molecular weight is 547 g/mol. The number of piperazine rings is 1. The van der Waals surface area contributed by atoms with Gasteiger partial charge in [0.05, 0.1) is 4.48 Å². The maximum absolute atomic E-state index is 12.6. The number of anilines is 2. The molecular formula is C28H44BrN5O. The van der Waals surface area contributed by atoms with Gasteiger partial charge < -0.3 is 15.1 Å². The lowest BCUT2D eigenvalue weighted by atomic mass is 10.1. The zero-order valence-corrected chi connectivity index (χ0v) is 24.7. The topological polar surface area (TPSA) is 51.2 Å². The summed E-state index contributed by atoms with van der Waals surface area (Å²) >= 11 is 3.38. The smallest absolute Gasteiger partial charge is 0.266 e. The molecule has 0 unspecified atom stereocenters. The van der Waals surface area contributed by atoms with E-state index in [2.05, 4.69) is 62.4 Å².